The first-order valence-corrected chi connectivity index (χ1v) is 7.71. The van der Waals surface area contributed by atoms with Crippen LogP contribution in [0.15, 0.2) is 24.3 Å². The lowest BCUT2D eigenvalue weighted by Gasteiger charge is -2.23. The van der Waals surface area contributed by atoms with E-state index in [0.29, 0.717) is 6.54 Å². The summed E-state index contributed by atoms with van der Waals surface area (Å²) in [6.07, 6.45) is 1.89. The normalized spacial score (nSPS) is 21.9. The van der Waals surface area contributed by atoms with Gasteiger partial charge in [-0.3, -0.25) is 0 Å². The van der Waals surface area contributed by atoms with Gasteiger partial charge in [0.25, 0.3) is 0 Å². The van der Waals surface area contributed by atoms with E-state index in [1.54, 1.807) is 11.2 Å². The summed E-state index contributed by atoms with van der Waals surface area (Å²) in [5.41, 5.74) is 2.32. The first kappa shape index (κ1) is 12.6. The summed E-state index contributed by atoms with van der Waals surface area (Å²) in [5.74, 6) is 0.190. The van der Waals surface area contributed by atoms with Gasteiger partial charge in [0.15, 0.2) is 0 Å². The fraction of sp³-hybridized carbons (Fsp3) is 0.538. The van der Waals surface area contributed by atoms with E-state index >= 15 is 0 Å². The highest BCUT2D eigenvalue weighted by atomic mass is 32.2. The Morgan fingerprint density at radius 1 is 1.29 bits per heavy atom. The molecule has 0 amide bonds. The number of nitrogens with zero attached hydrogens (tertiary/aromatic N) is 1. The van der Waals surface area contributed by atoms with E-state index in [1.807, 2.05) is 31.2 Å². The molecular formula is C13H19NO2S. The van der Waals surface area contributed by atoms with Crippen molar-refractivity contribution in [3.05, 3.63) is 35.4 Å². The lowest BCUT2D eigenvalue weighted by atomic mass is 10.0. The van der Waals surface area contributed by atoms with Crippen LogP contribution < -0.4 is 0 Å². The molecular weight excluding hydrogens is 234 g/mol. The topological polar surface area (TPSA) is 37.4 Å². The third kappa shape index (κ3) is 2.53. The van der Waals surface area contributed by atoms with E-state index in [0.717, 1.165) is 18.4 Å². The van der Waals surface area contributed by atoms with Gasteiger partial charge in [0, 0.05) is 12.6 Å². The van der Waals surface area contributed by atoms with Gasteiger partial charge in [-0.1, -0.05) is 29.8 Å². The molecule has 1 unspecified atom stereocenters. The smallest absolute Gasteiger partial charge is 0.212 e. The van der Waals surface area contributed by atoms with Gasteiger partial charge in [-0.05, 0) is 32.3 Å². The molecule has 1 aliphatic heterocycles. The second-order valence-electron chi connectivity index (χ2n) is 4.58. The fourth-order valence-corrected chi connectivity index (χ4v) is 3.71. The van der Waals surface area contributed by atoms with Crippen molar-refractivity contribution in [2.24, 2.45) is 0 Å². The van der Waals surface area contributed by atoms with Gasteiger partial charge in [-0.2, -0.15) is 4.31 Å². The van der Waals surface area contributed by atoms with E-state index < -0.39 is 10.0 Å². The molecule has 0 aliphatic carbocycles. The summed E-state index contributed by atoms with van der Waals surface area (Å²) in [5, 5.41) is 0. The highest BCUT2D eigenvalue weighted by Gasteiger charge is 2.33. The highest BCUT2D eigenvalue weighted by Crippen LogP contribution is 2.34. The van der Waals surface area contributed by atoms with Crippen LogP contribution in [0.5, 0.6) is 0 Å². The van der Waals surface area contributed by atoms with Crippen LogP contribution in [0.4, 0.5) is 0 Å². The van der Waals surface area contributed by atoms with Crippen LogP contribution >= 0.6 is 0 Å². The molecule has 1 atom stereocenters. The second-order valence-corrected chi connectivity index (χ2v) is 6.79. The van der Waals surface area contributed by atoms with E-state index in [1.165, 1.54) is 5.56 Å². The lowest BCUT2D eigenvalue weighted by molar-refractivity contribution is 0.397. The predicted molar refractivity (Wildman–Crippen MR) is 69.3 cm³/mol. The van der Waals surface area contributed by atoms with Gasteiger partial charge < -0.3 is 0 Å². The first-order chi connectivity index (χ1) is 8.04. The molecule has 0 N–H and O–H groups in total. The molecule has 1 heterocycles. The zero-order valence-corrected chi connectivity index (χ0v) is 11.2. The largest absolute Gasteiger partial charge is 0.214 e. The molecule has 1 aromatic rings. The molecule has 0 saturated carbocycles. The van der Waals surface area contributed by atoms with E-state index in [9.17, 15) is 8.42 Å². The minimum atomic E-state index is -3.07. The monoisotopic (exact) mass is 253 g/mol. The summed E-state index contributed by atoms with van der Waals surface area (Å²) < 4.78 is 25.6. The number of hydrogen-bond acceptors (Lipinski definition) is 2. The fourth-order valence-electron chi connectivity index (χ4n) is 2.36. The third-order valence-electron chi connectivity index (χ3n) is 3.39. The van der Waals surface area contributed by atoms with Crippen LogP contribution in [-0.2, 0) is 10.0 Å². The SMILES string of the molecule is CCS(=O)(=O)N1CCCC1c1ccc(C)cc1. The van der Waals surface area contributed by atoms with Crippen LogP contribution in [-0.4, -0.2) is 25.0 Å². The van der Waals surface area contributed by atoms with Crippen molar-refractivity contribution >= 4 is 10.0 Å². The molecule has 94 valence electrons. The summed E-state index contributed by atoms with van der Waals surface area (Å²) in [6, 6.07) is 8.22. The van der Waals surface area contributed by atoms with Crippen molar-refractivity contribution in [3.63, 3.8) is 0 Å². The average Bonchev–Trinajstić information content (AvgIpc) is 2.80. The van der Waals surface area contributed by atoms with Crippen LogP contribution in [0, 0.1) is 6.92 Å². The van der Waals surface area contributed by atoms with Crippen LogP contribution in [0.25, 0.3) is 0 Å². The quantitative estimate of drug-likeness (QED) is 0.830. The summed E-state index contributed by atoms with van der Waals surface area (Å²) in [4.78, 5) is 0. The van der Waals surface area contributed by atoms with Crippen LogP contribution in [0.1, 0.15) is 36.9 Å². The molecule has 2 rings (SSSR count). The molecule has 0 aromatic heterocycles. The van der Waals surface area contributed by atoms with Crippen molar-refractivity contribution in [1.29, 1.82) is 0 Å². The van der Waals surface area contributed by atoms with E-state index in [4.69, 9.17) is 0 Å². The molecule has 0 bridgehead atoms. The minimum absolute atomic E-state index is 0.0422. The maximum Gasteiger partial charge on any atom is 0.214 e. The maximum atomic E-state index is 12.0. The predicted octanol–water partition coefficient (Wildman–Crippen LogP) is 2.48. The summed E-state index contributed by atoms with van der Waals surface area (Å²) >= 11 is 0. The molecule has 0 radical (unpaired) electrons. The van der Waals surface area contributed by atoms with Gasteiger partial charge in [0.05, 0.1) is 5.75 Å². The maximum absolute atomic E-state index is 12.0. The van der Waals surface area contributed by atoms with Crippen molar-refractivity contribution in [1.82, 2.24) is 4.31 Å². The Morgan fingerprint density at radius 3 is 2.53 bits per heavy atom. The van der Waals surface area contributed by atoms with Crippen LogP contribution in [0.3, 0.4) is 0 Å². The van der Waals surface area contributed by atoms with E-state index in [-0.39, 0.29) is 11.8 Å². The molecule has 1 aromatic carbocycles. The highest BCUT2D eigenvalue weighted by molar-refractivity contribution is 7.89. The molecule has 1 aliphatic rings. The molecule has 0 spiro atoms. The second kappa shape index (κ2) is 4.78. The lowest BCUT2D eigenvalue weighted by Crippen LogP contribution is -2.31. The van der Waals surface area contributed by atoms with Crippen molar-refractivity contribution < 1.29 is 8.42 Å². The molecule has 3 nitrogen and oxygen atoms in total. The summed E-state index contributed by atoms with van der Waals surface area (Å²) in [7, 11) is -3.07. The Labute approximate surface area is 104 Å². The van der Waals surface area contributed by atoms with Crippen molar-refractivity contribution in [2.45, 2.75) is 32.7 Å². The van der Waals surface area contributed by atoms with Gasteiger partial charge >= 0.3 is 0 Å². The number of sulfonamides is 1. The van der Waals surface area contributed by atoms with Gasteiger partial charge in [-0.25, -0.2) is 8.42 Å². The van der Waals surface area contributed by atoms with Crippen LogP contribution in [0.2, 0.25) is 0 Å². The first-order valence-electron chi connectivity index (χ1n) is 6.10. The van der Waals surface area contributed by atoms with Crippen molar-refractivity contribution in [3.8, 4) is 0 Å². The Hall–Kier alpha value is -0.870. The number of rotatable bonds is 3. The summed E-state index contributed by atoms with van der Waals surface area (Å²) in [6.45, 7) is 4.41. The van der Waals surface area contributed by atoms with Gasteiger partial charge in [0.2, 0.25) is 10.0 Å². The molecule has 1 saturated heterocycles. The number of hydrogen-bond donors (Lipinski definition) is 0. The standard InChI is InChI=1S/C13H19NO2S/c1-3-17(15,16)14-10-4-5-13(14)12-8-6-11(2)7-9-12/h6-9,13H,3-5,10H2,1-2H3. The third-order valence-corrected chi connectivity index (χ3v) is 5.27. The number of aryl methyl sites for hydroxylation is 1. The zero-order valence-electron chi connectivity index (χ0n) is 10.4. The molecule has 1 fully saturated rings. The van der Waals surface area contributed by atoms with Gasteiger partial charge in [0.1, 0.15) is 0 Å². The Kier molecular flexibility index (Phi) is 3.54. The Bertz CT molecular complexity index is 479. The average molecular weight is 253 g/mol. The van der Waals surface area contributed by atoms with E-state index in [2.05, 4.69) is 0 Å². The minimum Gasteiger partial charge on any atom is -0.212 e. The Balaban J connectivity index is 2.29. The zero-order chi connectivity index (χ0) is 12.5. The van der Waals surface area contributed by atoms with Crippen molar-refractivity contribution in [2.75, 3.05) is 12.3 Å². The molecule has 4 heteroatoms. The number of benzene rings is 1. The van der Waals surface area contributed by atoms with Gasteiger partial charge in [-0.15, -0.1) is 0 Å². The Morgan fingerprint density at radius 2 is 1.94 bits per heavy atom. The molecule has 17 heavy (non-hydrogen) atoms.